The molecule has 2 aromatic rings. The van der Waals surface area contributed by atoms with Crippen LogP contribution in [0.3, 0.4) is 0 Å². The predicted molar refractivity (Wildman–Crippen MR) is 66.7 cm³/mol. The first-order valence-corrected chi connectivity index (χ1v) is 5.13. The van der Waals surface area contributed by atoms with E-state index in [1.807, 2.05) is 54.6 Å². The molecule has 0 saturated carbocycles. The second-order valence-corrected chi connectivity index (χ2v) is 3.71. The maximum absolute atomic E-state index is 10.0. The van der Waals surface area contributed by atoms with E-state index in [-0.39, 0.29) is 24.6 Å². The molecule has 0 N–H and O–H groups in total. The molecule has 2 rings (SSSR count). The van der Waals surface area contributed by atoms with Crippen molar-refractivity contribution in [1.29, 1.82) is 0 Å². The number of benzene rings is 2. The van der Waals surface area contributed by atoms with Crippen molar-refractivity contribution in [2.45, 2.75) is 4.90 Å². The Morgan fingerprint density at radius 1 is 0.875 bits per heavy atom. The van der Waals surface area contributed by atoms with Gasteiger partial charge in [-0.3, -0.25) is 0 Å². The van der Waals surface area contributed by atoms with Gasteiger partial charge in [-0.15, -0.1) is 18.3 Å². The summed E-state index contributed by atoms with van der Waals surface area (Å²) in [5.41, 5.74) is 1.83. The first kappa shape index (κ1) is 13.1. The van der Waals surface area contributed by atoms with Crippen molar-refractivity contribution in [2.24, 2.45) is 0 Å². The van der Waals surface area contributed by atoms with Crippen LogP contribution >= 0.6 is 12.6 Å². The number of hydrogen-bond donors (Lipinski definition) is 1. The first-order chi connectivity index (χ1) is 7.29. The predicted octanol–water partition coefficient (Wildman–Crippen LogP) is 0.386. The summed E-state index contributed by atoms with van der Waals surface area (Å²) < 4.78 is 0. The Morgan fingerprint density at radius 2 is 1.44 bits per heavy atom. The Hall–Kier alpha value is -0.943. The fourth-order valence-corrected chi connectivity index (χ4v) is 1.69. The molecule has 0 bridgehead atoms. The van der Waals surface area contributed by atoms with Gasteiger partial charge in [-0.25, -0.2) is 0 Å². The molecule has 0 spiro atoms. The van der Waals surface area contributed by atoms with Gasteiger partial charge in [-0.1, -0.05) is 48.5 Å². The fourth-order valence-electron chi connectivity index (χ4n) is 1.43. The third-order valence-corrected chi connectivity index (χ3v) is 2.60. The molecule has 0 aliphatic rings. The van der Waals surface area contributed by atoms with E-state index in [1.165, 1.54) is 0 Å². The summed E-state index contributed by atoms with van der Waals surface area (Å²) >= 11 is 4.31. The average Bonchev–Trinajstić information content (AvgIpc) is 2.30. The van der Waals surface area contributed by atoms with Crippen LogP contribution in [0.1, 0.15) is 11.1 Å². The molecule has 0 atom stereocenters. The van der Waals surface area contributed by atoms with E-state index in [0.29, 0.717) is 0 Å². The molecule has 0 aromatic heterocycles. The number of hydrogen-bond acceptors (Lipinski definition) is 1. The zero-order valence-electron chi connectivity index (χ0n) is 9.09. The molecule has 3 heteroatoms. The molecule has 0 unspecified atom stereocenters. The number of thiol groups is 1. The van der Waals surface area contributed by atoms with Gasteiger partial charge in [0.25, 0.3) is 0 Å². The number of nitrogens with zero attached hydrogens (tertiary/aromatic N) is 1. The average molecular weight is 219 g/mol. The Morgan fingerprint density at radius 3 is 2.06 bits per heavy atom. The van der Waals surface area contributed by atoms with E-state index in [2.05, 4.69) is 12.6 Å². The summed E-state index contributed by atoms with van der Waals surface area (Å²) in [6.45, 7) is 0. The molecule has 0 aliphatic heterocycles. The van der Waals surface area contributed by atoms with Crippen LogP contribution in [-0.2, 0) is 0 Å². The van der Waals surface area contributed by atoms with Crippen LogP contribution in [-0.4, -0.2) is 5.71 Å². The smallest absolute Gasteiger partial charge is 0.803 e. The molecule has 74 valence electrons. The van der Waals surface area contributed by atoms with E-state index >= 15 is 0 Å². The van der Waals surface area contributed by atoms with Crippen molar-refractivity contribution < 1.29 is 18.9 Å². The van der Waals surface area contributed by atoms with Gasteiger partial charge in [0, 0.05) is 4.90 Å². The summed E-state index contributed by atoms with van der Waals surface area (Å²) in [6.07, 6.45) is 0. The SMILES string of the molecule is [Li+].[N-]=C(c1ccccc1)c1ccccc1S. The summed E-state index contributed by atoms with van der Waals surface area (Å²) in [5, 5.41) is 10.0. The minimum atomic E-state index is 0. The van der Waals surface area contributed by atoms with E-state index in [0.717, 1.165) is 16.0 Å². The van der Waals surface area contributed by atoms with Crippen molar-refractivity contribution in [2.75, 3.05) is 0 Å². The van der Waals surface area contributed by atoms with Crippen LogP contribution in [0.15, 0.2) is 59.5 Å². The molecule has 0 heterocycles. The van der Waals surface area contributed by atoms with Crippen molar-refractivity contribution in [3.8, 4) is 0 Å². The molecule has 0 aliphatic carbocycles. The fraction of sp³-hybridized carbons (Fsp3) is 0. The minimum absolute atomic E-state index is 0. The standard InChI is InChI=1S/C13H10NS.Li/c14-13(10-6-2-1-3-7-10)11-8-4-5-9-12(11)15;/h1-9,15H;/q-1;+1. The van der Waals surface area contributed by atoms with Gasteiger partial charge >= 0.3 is 18.9 Å². The summed E-state index contributed by atoms with van der Waals surface area (Å²) in [5.74, 6) is 0. The Labute approximate surface area is 113 Å². The van der Waals surface area contributed by atoms with E-state index in [4.69, 9.17) is 0 Å². The van der Waals surface area contributed by atoms with Gasteiger partial charge in [-0.2, -0.15) is 0 Å². The molecule has 1 nitrogen and oxygen atoms in total. The third kappa shape index (κ3) is 2.80. The van der Waals surface area contributed by atoms with Crippen LogP contribution in [0.5, 0.6) is 0 Å². The van der Waals surface area contributed by atoms with E-state index < -0.39 is 0 Å². The van der Waals surface area contributed by atoms with Crippen LogP contribution in [0, 0.1) is 0 Å². The Kier molecular flexibility index (Phi) is 4.89. The zero-order chi connectivity index (χ0) is 10.7. The van der Waals surface area contributed by atoms with Gasteiger partial charge in [0.05, 0.1) is 0 Å². The molecule has 2 aromatic carbocycles. The number of rotatable bonds is 2. The second-order valence-electron chi connectivity index (χ2n) is 3.23. The van der Waals surface area contributed by atoms with Crippen LogP contribution in [0.25, 0.3) is 5.41 Å². The van der Waals surface area contributed by atoms with Gasteiger partial charge in [0.15, 0.2) is 0 Å². The second kappa shape index (κ2) is 5.96. The maximum atomic E-state index is 10.0. The van der Waals surface area contributed by atoms with Gasteiger partial charge in [0.1, 0.15) is 0 Å². The summed E-state index contributed by atoms with van der Waals surface area (Å²) in [4.78, 5) is 0.777. The van der Waals surface area contributed by atoms with Crippen molar-refractivity contribution in [3.63, 3.8) is 0 Å². The molecule has 0 fully saturated rings. The molecule has 0 amide bonds. The Balaban J connectivity index is 0.00000128. The molecule has 0 radical (unpaired) electrons. The first-order valence-electron chi connectivity index (χ1n) is 4.69. The topological polar surface area (TPSA) is 22.3 Å². The van der Waals surface area contributed by atoms with Gasteiger partial charge in [-0.05, 0) is 17.2 Å². The van der Waals surface area contributed by atoms with Gasteiger partial charge < -0.3 is 5.41 Å². The largest absolute Gasteiger partial charge is 1.00 e. The van der Waals surface area contributed by atoms with Crippen LogP contribution < -0.4 is 18.9 Å². The van der Waals surface area contributed by atoms with Crippen LogP contribution in [0.2, 0.25) is 0 Å². The zero-order valence-corrected chi connectivity index (χ0v) is 9.99. The summed E-state index contributed by atoms with van der Waals surface area (Å²) in [7, 11) is 0. The van der Waals surface area contributed by atoms with Crippen molar-refractivity contribution >= 4 is 18.3 Å². The quantitative estimate of drug-likeness (QED) is 0.429. The third-order valence-electron chi connectivity index (χ3n) is 2.21. The van der Waals surface area contributed by atoms with Gasteiger partial charge in [0.2, 0.25) is 0 Å². The normalized spacial score (nSPS) is 9.31. The molecule has 0 saturated heterocycles. The van der Waals surface area contributed by atoms with E-state index in [9.17, 15) is 5.41 Å². The minimum Gasteiger partial charge on any atom is -0.803 e. The maximum Gasteiger partial charge on any atom is 1.00 e. The Bertz CT molecular complexity index is 482. The van der Waals surface area contributed by atoms with Crippen molar-refractivity contribution in [1.82, 2.24) is 0 Å². The molecule has 16 heavy (non-hydrogen) atoms. The molecular formula is C13H10LiNS. The van der Waals surface area contributed by atoms with Crippen LogP contribution in [0.4, 0.5) is 0 Å². The summed E-state index contributed by atoms with van der Waals surface area (Å²) in [6, 6.07) is 16.9. The van der Waals surface area contributed by atoms with Crippen molar-refractivity contribution in [3.05, 3.63) is 71.1 Å². The molecular weight excluding hydrogens is 209 g/mol. The monoisotopic (exact) mass is 219 g/mol. The van der Waals surface area contributed by atoms with E-state index in [1.54, 1.807) is 0 Å².